The maximum absolute atomic E-state index is 5.74. The van der Waals surface area contributed by atoms with Crippen LogP contribution in [0.4, 0.5) is 0 Å². The van der Waals surface area contributed by atoms with E-state index < -0.39 is 0 Å². The van der Waals surface area contributed by atoms with Gasteiger partial charge in [-0.25, -0.2) is 4.98 Å². The predicted molar refractivity (Wildman–Crippen MR) is 67.5 cm³/mol. The highest BCUT2D eigenvalue weighted by Gasteiger charge is 2.02. The largest absolute Gasteiger partial charge is 0.337 e. The van der Waals surface area contributed by atoms with Gasteiger partial charge in [-0.05, 0) is 19.1 Å². The maximum atomic E-state index is 5.74. The fourth-order valence-electron chi connectivity index (χ4n) is 1.75. The van der Waals surface area contributed by atoms with Gasteiger partial charge in [0.1, 0.15) is 0 Å². The van der Waals surface area contributed by atoms with E-state index in [1.807, 2.05) is 37.6 Å². The van der Waals surface area contributed by atoms with Crippen LogP contribution in [0.1, 0.15) is 18.3 Å². The topological polar surface area (TPSA) is 56.7 Å². The van der Waals surface area contributed by atoms with Gasteiger partial charge >= 0.3 is 0 Å². The Bertz CT molecular complexity index is 447. The third kappa shape index (κ3) is 3.67. The fraction of sp³-hybridized carbons (Fsp3) is 0.385. The van der Waals surface area contributed by atoms with E-state index >= 15 is 0 Å². The molecule has 2 aromatic rings. The molecule has 4 nitrogen and oxygen atoms in total. The van der Waals surface area contributed by atoms with E-state index in [2.05, 4.69) is 20.7 Å². The van der Waals surface area contributed by atoms with Gasteiger partial charge in [-0.3, -0.25) is 4.98 Å². The monoisotopic (exact) mass is 230 g/mol. The van der Waals surface area contributed by atoms with Crippen molar-refractivity contribution in [2.75, 3.05) is 0 Å². The summed E-state index contributed by atoms with van der Waals surface area (Å²) < 4.78 is 2.09. The summed E-state index contributed by atoms with van der Waals surface area (Å²) in [6, 6.07) is 6.15. The third-order valence-corrected chi connectivity index (χ3v) is 2.57. The van der Waals surface area contributed by atoms with Gasteiger partial charge in [0.25, 0.3) is 0 Å². The molecule has 0 fully saturated rings. The minimum atomic E-state index is 0.161. The second-order valence-electron chi connectivity index (χ2n) is 4.36. The van der Waals surface area contributed by atoms with Crippen molar-refractivity contribution < 1.29 is 0 Å². The summed E-state index contributed by atoms with van der Waals surface area (Å²) in [5.74, 6) is 0. The van der Waals surface area contributed by atoms with Crippen LogP contribution < -0.4 is 5.73 Å². The molecule has 0 saturated carbocycles. The fourth-order valence-corrected chi connectivity index (χ4v) is 1.75. The molecule has 0 saturated heterocycles. The summed E-state index contributed by atoms with van der Waals surface area (Å²) in [6.45, 7) is 2.90. The summed E-state index contributed by atoms with van der Waals surface area (Å²) in [4.78, 5) is 8.63. The number of nitrogens with two attached hydrogens (primary N) is 1. The van der Waals surface area contributed by atoms with Crippen LogP contribution in [0.2, 0.25) is 0 Å². The molecule has 0 aliphatic carbocycles. The molecule has 0 bridgehead atoms. The molecular formula is C13H18N4. The average Bonchev–Trinajstić information content (AvgIpc) is 2.75. The number of imidazole rings is 1. The van der Waals surface area contributed by atoms with Gasteiger partial charge in [-0.1, -0.05) is 6.07 Å². The minimum Gasteiger partial charge on any atom is -0.337 e. The zero-order chi connectivity index (χ0) is 12.1. The first-order chi connectivity index (χ1) is 8.24. The number of nitrogens with zero attached hydrogens (tertiary/aromatic N) is 3. The van der Waals surface area contributed by atoms with Crippen molar-refractivity contribution in [3.05, 3.63) is 48.3 Å². The Hall–Kier alpha value is -1.68. The highest BCUT2D eigenvalue weighted by atomic mass is 15.0. The number of rotatable bonds is 5. The van der Waals surface area contributed by atoms with E-state index in [-0.39, 0.29) is 6.04 Å². The molecule has 2 rings (SSSR count). The van der Waals surface area contributed by atoms with Crippen molar-refractivity contribution in [3.63, 3.8) is 0 Å². The van der Waals surface area contributed by atoms with Gasteiger partial charge in [0.2, 0.25) is 0 Å². The Morgan fingerprint density at radius 2 is 2.18 bits per heavy atom. The van der Waals surface area contributed by atoms with Crippen LogP contribution in [-0.2, 0) is 19.4 Å². The van der Waals surface area contributed by atoms with Crippen molar-refractivity contribution >= 4 is 0 Å². The lowest BCUT2D eigenvalue weighted by molar-refractivity contribution is 0.681. The number of hydrogen-bond donors (Lipinski definition) is 1. The van der Waals surface area contributed by atoms with Gasteiger partial charge in [0.05, 0.1) is 12.0 Å². The Morgan fingerprint density at radius 1 is 1.29 bits per heavy atom. The van der Waals surface area contributed by atoms with E-state index in [9.17, 15) is 0 Å². The quantitative estimate of drug-likeness (QED) is 0.845. The molecule has 4 heteroatoms. The smallest absolute Gasteiger partial charge is 0.0949 e. The molecule has 2 N–H and O–H groups in total. The average molecular weight is 230 g/mol. The Morgan fingerprint density at radius 3 is 2.88 bits per heavy atom. The van der Waals surface area contributed by atoms with Gasteiger partial charge in [0, 0.05) is 43.5 Å². The van der Waals surface area contributed by atoms with Gasteiger partial charge in [0.15, 0.2) is 0 Å². The summed E-state index contributed by atoms with van der Waals surface area (Å²) in [7, 11) is 0. The lowest BCUT2D eigenvalue weighted by Crippen LogP contribution is -2.17. The zero-order valence-electron chi connectivity index (χ0n) is 10.1. The highest BCUT2D eigenvalue weighted by molar-refractivity contribution is 5.04. The van der Waals surface area contributed by atoms with E-state index in [1.165, 1.54) is 0 Å². The number of aromatic nitrogens is 3. The second-order valence-corrected chi connectivity index (χ2v) is 4.36. The van der Waals surface area contributed by atoms with Crippen LogP contribution in [0.3, 0.4) is 0 Å². The molecule has 1 unspecified atom stereocenters. The third-order valence-electron chi connectivity index (χ3n) is 2.57. The molecule has 0 aliphatic rings. The molecule has 17 heavy (non-hydrogen) atoms. The van der Waals surface area contributed by atoms with Gasteiger partial charge < -0.3 is 10.3 Å². The van der Waals surface area contributed by atoms with E-state index in [4.69, 9.17) is 5.73 Å². The number of hydrogen-bond acceptors (Lipinski definition) is 3. The van der Waals surface area contributed by atoms with Gasteiger partial charge in [-0.2, -0.15) is 0 Å². The van der Waals surface area contributed by atoms with Crippen LogP contribution in [0.25, 0.3) is 0 Å². The maximum Gasteiger partial charge on any atom is 0.0949 e. The van der Waals surface area contributed by atoms with E-state index in [0.717, 1.165) is 30.8 Å². The molecule has 1 atom stereocenters. The van der Waals surface area contributed by atoms with Crippen molar-refractivity contribution in [1.82, 2.24) is 14.5 Å². The highest BCUT2D eigenvalue weighted by Crippen LogP contribution is 2.02. The van der Waals surface area contributed by atoms with Crippen LogP contribution in [0.5, 0.6) is 0 Å². The summed E-state index contributed by atoms with van der Waals surface area (Å²) >= 11 is 0. The Kier molecular flexibility index (Phi) is 3.88. The standard InChI is InChI=1S/C13H18N4/c1-11(14)8-13-9-17(10-16-13)7-5-12-4-2-3-6-15-12/h2-4,6,9-11H,5,7-8,14H2,1H3. The number of pyridine rings is 1. The van der Waals surface area contributed by atoms with Crippen LogP contribution in [-0.4, -0.2) is 20.6 Å². The first kappa shape index (κ1) is 11.8. The molecule has 0 aromatic carbocycles. The SMILES string of the molecule is CC(N)Cc1cn(CCc2ccccn2)cn1. The molecule has 2 aromatic heterocycles. The van der Waals surface area contributed by atoms with E-state index in [0.29, 0.717) is 0 Å². The molecular weight excluding hydrogens is 212 g/mol. The van der Waals surface area contributed by atoms with Crippen molar-refractivity contribution in [2.45, 2.75) is 32.4 Å². The van der Waals surface area contributed by atoms with Crippen molar-refractivity contribution in [2.24, 2.45) is 5.73 Å². The normalized spacial score (nSPS) is 12.6. The zero-order valence-corrected chi connectivity index (χ0v) is 10.1. The summed E-state index contributed by atoms with van der Waals surface area (Å²) in [6.07, 6.45) is 7.50. The van der Waals surface area contributed by atoms with Crippen LogP contribution in [0, 0.1) is 0 Å². The Balaban J connectivity index is 1.89. The van der Waals surface area contributed by atoms with Crippen molar-refractivity contribution in [3.8, 4) is 0 Å². The molecule has 0 spiro atoms. The number of aryl methyl sites for hydroxylation is 2. The molecule has 0 aliphatic heterocycles. The summed E-state index contributed by atoms with van der Waals surface area (Å²) in [5, 5.41) is 0. The molecule has 90 valence electrons. The summed E-state index contributed by atoms with van der Waals surface area (Å²) in [5.41, 5.74) is 7.90. The molecule has 2 heterocycles. The van der Waals surface area contributed by atoms with Crippen molar-refractivity contribution in [1.29, 1.82) is 0 Å². The van der Waals surface area contributed by atoms with Gasteiger partial charge in [-0.15, -0.1) is 0 Å². The van der Waals surface area contributed by atoms with Crippen LogP contribution >= 0.6 is 0 Å². The molecule has 0 amide bonds. The van der Waals surface area contributed by atoms with Crippen LogP contribution in [0.15, 0.2) is 36.9 Å². The minimum absolute atomic E-state index is 0.161. The first-order valence-electron chi connectivity index (χ1n) is 5.90. The predicted octanol–water partition coefficient (Wildman–Crippen LogP) is 1.41. The van der Waals surface area contributed by atoms with E-state index in [1.54, 1.807) is 0 Å². The lowest BCUT2D eigenvalue weighted by atomic mass is 10.2. The lowest BCUT2D eigenvalue weighted by Gasteiger charge is -2.02. The Labute approximate surface area is 102 Å². The second kappa shape index (κ2) is 5.59. The first-order valence-corrected chi connectivity index (χ1v) is 5.90. The molecule has 0 radical (unpaired) electrons.